The Kier molecular flexibility index (Phi) is 3.77. The lowest BCUT2D eigenvalue weighted by molar-refractivity contribution is 0.0530. The highest BCUT2D eigenvalue weighted by Gasteiger charge is 2.07. The lowest BCUT2D eigenvalue weighted by Crippen LogP contribution is -2.06. The molecule has 0 aliphatic carbocycles. The van der Waals surface area contributed by atoms with E-state index in [0.29, 0.717) is 23.7 Å². The Hall–Kier alpha value is -1.82. The Labute approximate surface area is 104 Å². The minimum atomic E-state index is -0.344. The van der Waals surface area contributed by atoms with Crippen LogP contribution in [0.2, 0.25) is 0 Å². The van der Waals surface area contributed by atoms with E-state index in [-0.39, 0.29) is 5.97 Å². The molecule has 2 rings (SSSR count). The van der Waals surface area contributed by atoms with Crippen molar-refractivity contribution in [1.82, 2.24) is 15.2 Å². The summed E-state index contributed by atoms with van der Waals surface area (Å²) in [7, 11) is 0. The number of aromatic nitrogens is 3. The fourth-order valence-corrected chi connectivity index (χ4v) is 1.42. The van der Waals surface area contributed by atoms with Gasteiger partial charge in [-0.1, -0.05) is 12.1 Å². The van der Waals surface area contributed by atoms with Gasteiger partial charge in [0.1, 0.15) is 12.9 Å². The van der Waals surface area contributed by atoms with Gasteiger partial charge in [-0.3, -0.25) is 0 Å². The van der Waals surface area contributed by atoms with Crippen molar-refractivity contribution < 1.29 is 9.53 Å². The number of thiol groups is 1. The molecular formula is C11H11N3O2S. The van der Waals surface area contributed by atoms with Crippen molar-refractivity contribution in [2.45, 2.75) is 0 Å². The standard InChI is InChI=1S/C11H11N3O2S/c15-11(16-5-6-17)9-3-1-8(2-4-9)10-12-7-13-14-10/h1-4,7,17H,5-6H2,(H,12,13,14). The van der Waals surface area contributed by atoms with Crippen LogP contribution in [0, 0.1) is 0 Å². The maximum absolute atomic E-state index is 11.5. The summed E-state index contributed by atoms with van der Waals surface area (Å²) in [6, 6.07) is 6.97. The zero-order valence-electron chi connectivity index (χ0n) is 8.96. The van der Waals surface area contributed by atoms with Crippen LogP contribution in [0.4, 0.5) is 0 Å². The molecule has 1 aromatic carbocycles. The quantitative estimate of drug-likeness (QED) is 0.637. The van der Waals surface area contributed by atoms with Crippen molar-refractivity contribution in [3.8, 4) is 11.4 Å². The number of carbonyl (C=O) groups excluding carboxylic acids is 1. The van der Waals surface area contributed by atoms with Crippen molar-refractivity contribution in [1.29, 1.82) is 0 Å². The van der Waals surface area contributed by atoms with Gasteiger partial charge in [0.25, 0.3) is 0 Å². The molecule has 5 nitrogen and oxygen atoms in total. The summed E-state index contributed by atoms with van der Waals surface area (Å²) >= 11 is 3.97. The smallest absolute Gasteiger partial charge is 0.338 e. The van der Waals surface area contributed by atoms with E-state index < -0.39 is 0 Å². The van der Waals surface area contributed by atoms with E-state index >= 15 is 0 Å². The van der Waals surface area contributed by atoms with E-state index in [2.05, 4.69) is 27.8 Å². The molecule has 0 spiro atoms. The third-order valence-corrected chi connectivity index (χ3v) is 2.32. The molecular weight excluding hydrogens is 238 g/mol. The lowest BCUT2D eigenvalue weighted by atomic mass is 10.1. The summed E-state index contributed by atoms with van der Waals surface area (Å²) in [5, 5.41) is 7.57. The van der Waals surface area contributed by atoms with E-state index in [1.165, 1.54) is 6.33 Å². The fraction of sp³-hybridized carbons (Fsp3) is 0.182. The summed E-state index contributed by atoms with van der Waals surface area (Å²) in [6.07, 6.45) is 1.50. The molecule has 1 heterocycles. The maximum Gasteiger partial charge on any atom is 0.338 e. The molecule has 0 atom stereocenters. The molecule has 0 bridgehead atoms. The molecule has 0 saturated heterocycles. The van der Waals surface area contributed by atoms with Crippen LogP contribution in [0.15, 0.2) is 30.6 Å². The normalized spacial score (nSPS) is 10.2. The van der Waals surface area contributed by atoms with E-state index in [4.69, 9.17) is 4.74 Å². The van der Waals surface area contributed by atoms with Crippen LogP contribution >= 0.6 is 12.6 Å². The first-order valence-electron chi connectivity index (χ1n) is 5.05. The summed E-state index contributed by atoms with van der Waals surface area (Å²) < 4.78 is 4.96. The van der Waals surface area contributed by atoms with Gasteiger partial charge in [-0.05, 0) is 12.1 Å². The number of nitrogens with zero attached hydrogens (tertiary/aromatic N) is 2. The van der Waals surface area contributed by atoms with Gasteiger partial charge in [0.15, 0.2) is 5.82 Å². The topological polar surface area (TPSA) is 67.9 Å². The molecule has 0 saturated carbocycles. The van der Waals surface area contributed by atoms with Crippen LogP contribution in [0.25, 0.3) is 11.4 Å². The van der Waals surface area contributed by atoms with Gasteiger partial charge in [0, 0.05) is 11.3 Å². The second kappa shape index (κ2) is 5.49. The maximum atomic E-state index is 11.5. The third-order valence-electron chi connectivity index (χ3n) is 2.14. The number of hydrogen-bond acceptors (Lipinski definition) is 5. The van der Waals surface area contributed by atoms with Crippen molar-refractivity contribution in [2.75, 3.05) is 12.4 Å². The number of H-pyrrole nitrogens is 1. The molecule has 0 unspecified atom stereocenters. The SMILES string of the molecule is O=C(OCCS)c1ccc(-c2nnc[nH]2)cc1. The Morgan fingerprint density at radius 1 is 1.35 bits per heavy atom. The Morgan fingerprint density at radius 3 is 2.71 bits per heavy atom. The zero-order chi connectivity index (χ0) is 12.1. The van der Waals surface area contributed by atoms with Gasteiger partial charge in [-0.2, -0.15) is 12.6 Å². The summed E-state index contributed by atoms with van der Waals surface area (Å²) in [4.78, 5) is 14.4. The largest absolute Gasteiger partial charge is 0.461 e. The number of benzene rings is 1. The molecule has 0 aliphatic rings. The molecule has 0 radical (unpaired) electrons. The molecule has 0 fully saturated rings. The highest BCUT2D eigenvalue weighted by atomic mass is 32.1. The van der Waals surface area contributed by atoms with E-state index in [9.17, 15) is 4.79 Å². The van der Waals surface area contributed by atoms with Gasteiger partial charge < -0.3 is 9.72 Å². The number of aromatic amines is 1. The predicted molar refractivity (Wildman–Crippen MR) is 66.0 cm³/mol. The number of hydrogen-bond donors (Lipinski definition) is 2. The Bertz CT molecular complexity index is 482. The third kappa shape index (κ3) is 2.85. The van der Waals surface area contributed by atoms with Crippen molar-refractivity contribution in [3.05, 3.63) is 36.2 Å². The van der Waals surface area contributed by atoms with Gasteiger partial charge >= 0.3 is 5.97 Å². The van der Waals surface area contributed by atoms with E-state index in [1.807, 2.05) is 0 Å². The second-order valence-corrected chi connectivity index (χ2v) is 3.72. The monoisotopic (exact) mass is 249 g/mol. The number of ether oxygens (including phenoxy) is 1. The van der Waals surface area contributed by atoms with Crippen LogP contribution in [0.3, 0.4) is 0 Å². The Morgan fingerprint density at radius 2 is 2.12 bits per heavy atom. The molecule has 6 heteroatoms. The van der Waals surface area contributed by atoms with Crippen molar-refractivity contribution in [2.24, 2.45) is 0 Å². The minimum absolute atomic E-state index is 0.311. The van der Waals surface area contributed by atoms with Crippen molar-refractivity contribution >= 4 is 18.6 Å². The van der Waals surface area contributed by atoms with E-state index in [0.717, 1.165) is 5.56 Å². The molecule has 0 amide bonds. The predicted octanol–water partition coefficient (Wildman–Crippen LogP) is 1.56. The molecule has 2 aromatic rings. The number of nitrogens with one attached hydrogen (secondary N) is 1. The fourth-order valence-electron chi connectivity index (χ4n) is 1.33. The highest BCUT2D eigenvalue weighted by molar-refractivity contribution is 7.80. The highest BCUT2D eigenvalue weighted by Crippen LogP contribution is 2.14. The summed E-state index contributed by atoms with van der Waals surface area (Å²) in [5.74, 6) is 0.838. The van der Waals surface area contributed by atoms with Crippen LogP contribution < -0.4 is 0 Å². The zero-order valence-corrected chi connectivity index (χ0v) is 9.85. The summed E-state index contributed by atoms with van der Waals surface area (Å²) in [5.41, 5.74) is 1.38. The molecule has 17 heavy (non-hydrogen) atoms. The van der Waals surface area contributed by atoms with Gasteiger partial charge in [-0.25, -0.2) is 4.79 Å². The first kappa shape index (κ1) is 11.7. The second-order valence-electron chi connectivity index (χ2n) is 3.27. The molecule has 1 N–H and O–H groups in total. The first-order chi connectivity index (χ1) is 8.31. The number of carbonyl (C=O) groups is 1. The average molecular weight is 249 g/mol. The van der Waals surface area contributed by atoms with Crippen LogP contribution in [0.5, 0.6) is 0 Å². The Balaban J connectivity index is 2.10. The average Bonchev–Trinajstić information content (AvgIpc) is 2.90. The first-order valence-corrected chi connectivity index (χ1v) is 5.69. The number of esters is 1. The van der Waals surface area contributed by atoms with Crippen LogP contribution in [0.1, 0.15) is 10.4 Å². The molecule has 1 aromatic heterocycles. The molecule has 88 valence electrons. The van der Waals surface area contributed by atoms with Gasteiger partial charge in [0.2, 0.25) is 0 Å². The number of rotatable bonds is 4. The van der Waals surface area contributed by atoms with Crippen LogP contribution in [-0.2, 0) is 4.74 Å². The summed E-state index contributed by atoms with van der Waals surface area (Å²) in [6.45, 7) is 0.311. The van der Waals surface area contributed by atoms with Crippen LogP contribution in [-0.4, -0.2) is 33.5 Å². The minimum Gasteiger partial charge on any atom is -0.461 e. The van der Waals surface area contributed by atoms with E-state index in [1.54, 1.807) is 24.3 Å². The van der Waals surface area contributed by atoms with Gasteiger partial charge in [-0.15, -0.1) is 10.2 Å². The lowest BCUT2D eigenvalue weighted by Gasteiger charge is -2.03. The van der Waals surface area contributed by atoms with Gasteiger partial charge in [0.05, 0.1) is 5.56 Å². The van der Waals surface area contributed by atoms with Crippen molar-refractivity contribution in [3.63, 3.8) is 0 Å². The molecule has 0 aliphatic heterocycles.